The van der Waals surface area contributed by atoms with Crippen LogP contribution in [0.5, 0.6) is 0 Å². The first-order valence-corrected chi connectivity index (χ1v) is 3.64. The smallest absolute Gasteiger partial charge is 0.143 e. The van der Waals surface area contributed by atoms with Crippen LogP contribution in [0.4, 0.5) is 0 Å². The predicted molar refractivity (Wildman–Crippen MR) is 41.9 cm³/mol. The third-order valence-corrected chi connectivity index (χ3v) is 2.00. The van der Waals surface area contributed by atoms with E-state index in [1.807, 2.05) is 6.08 Å². The molecule has 0 fully saturated rings. The van der Waals surface area contributed by atoms with Gasteiger partial charge in [-0.05, 0) is 12.8 Å². The molecule has 0 rings (SSSR count). The molecule has 0 bridgehead atoms. The summed E-state index contributed by atoms with van der Waals surface area (Å²) in [6, 6.07) is 0. The average molecular weight is 157 g/mol. The first-order chi connectivity index (χ1) is 4.68. The Hall–Kier alpha value is -0.123. The van der Waals surface area contributed by atoms with Crippen LogP contribution in [0.25, 0.3) is 0 Å². The second-order valence-electron chi connectivity index (χ2n) is 1.99. The van der Waals surface area contributed by atoms with Crippen molar-refractivity contribution in [1.82, 2.24) is 0 Å². The summed E-state index contributed by atoms with van der Waals surface area (Å²) in [5.41, 5.74) is -0.631. The van der Waals surface area contributed by atoms with Crippen molar-refractivity contribution in [2.75, 3.05) is 14.2 Å². The normalized spacial score (nSPS) is 11.5. The van der Waals surface area contributed by atoms with Gasteiger partial charge in [-0.1, -0.05) is 6.08 Å². The highest BCUT2D eigenvalue weighted by molar-refractivity contribution is 6.13. The quantitative estimate of drug-likeness (QED) is 0.337. The number of ether oxygens (including phenoxy) is 2. The van der Waals surface area contributed by atoms with E-state index in [0.29, 0.717) is 0 Å². The lowest BCUT2D eigenvalue weighted by molar-refractivity contribution is -0.145. The SMILES string of the molecule is C=CCCC([Si])(OC)OC. The first-order valence-electron chi connectivity index (χ1n) is 3.14. The highest BCUT2D eigenvalue weighted by Gasteiger charge is 2.20. The third kappa shape index (κ3) is 3.15. The van der Waals surface area contributed by atoms with E-state index in [1.165, 1.54) is 0 Å². The summed E-state index contributed by atoms with van der Waals surface area (Å²) < 4.78 is 10.1. The Morgan fingerprint density at radius 3 is 2.30 bits per heavy atom. The van der Waals surface area contributed by atoms with Crippen molar-refractivity contribution in [2.24, 2.45) is 0 Å². The summed E-state index contributed by atoms with van der Waals surface area (Å²) in [6.07, 6.45) is 3.46. The van der Waals surface area contributed by atoms with Crippen LogP contribution in [0, 0.1) is 0 Å². The van der Waals surface area contributed by atoms with E-state index in [4.69, 9.17) is 9.47 Å². The van der Waals surface area contributed by atoms with Gasteiger partial charge in [0.05, 0.1) is 0 Å². The number of hydrogen-bond donors (Lipinski definition) is 0. The van der Waals surface area contributed by atoms with E-state index in [1.54, 1.807) is 14.2 Å². The van der Waals surface area contributed by atoms with Crippen LogP contribution in [0.15, 0.2) is 12.7 Å². The molecule has 0 saturated heterocycles. The fourth-order valence-electron chi connectivity index (χ4n) is 0.580. The van der Waals surface area contributed by atoms with Crippen LogP contribution in [-0.2, 0) is 9.47 Å². The second kappa shape index (κ2) is 4.66. The molecular formula is C7H13O2Si. The average Bonchev–Trinajstić information content (AvgIpc) is 2.00. The van der Waals surface area contributed by atoms with Crippen molar-refractivity contribution in [2.45, 2.75) is 18.3 Å². The summed E-state index contributed by atoms with van der Waals surface area (Å²) >= 11 is 0. The van der Waals surface area contributed by atoms with Gasteiger partial charge in [-0.25, -0.2) is 0 Å². The van der Waals surface area contributed by atoms with Crippen molar-refractivity contribution in [1.29, 1.82) is 0 Å². The van der Waals surface area contributed by atoms with Crippen LogP contribution in [-0.4, -0.2) is 29.9 Å². The summed E-state index contributed by atoms with van der Waals surface area (Å²) in [5, 5.41) is 0. The molecule has 10 heavy (non-hydrogen) atoms. The molecule has 0 N–H and O–H groups in total. The lowest BCUT2D eigenvalue weighted by atomic mass is 10.3. The topological polar surface area (TPSA) is 18.5 Å². The fraction of sp³-hybridized carbons (Fsp3) is 0.714. The zero-order valence-electron chi connectivity index (χ0n) is 6.52. The summed E-state index contributed by atoms with van der Waals surface area (Å²) in [5.74, 6) is 0. The minimum atomic E-state index is -0.631. The van der Waals surface area contributed by atoms with E-state index in [2.05, 4.69) is 16.8 Å². The zero-order valence-corrected chi connectivity index (χ0v) is 7.52. The highest BCUT2D eigenvalue weighted by Crippen LogP contribution is 2.13. The van der Waals surface area contributed by atoms with Crippen molar-refractivity contribution in [3.05, 3.63) is 12.7 Å². The van der Waals surface area contributed by atoms with Crippen LogP contribution in [0.1, 0.15) is 12.8 Å². The van der Waals surface area contributed by atoms with Crippen LogP contribution in [0.2, 0.25) is 0 Å². The number of rotatable bonds is 5. The Morgan fingerprint density at radius 1 is 1.50 bits per heavy atom. The number of hydrogen-bond acceptors (Lipinski definition) is 2. The van der Waals surface area contributed by atoms with Crippen molar-refractivity contribution in [3.63, 3.8) is 0 Å². The third-order valence-electron chi connectivity index (χ3n) is 1.34. The summed E-state index contributed by atoms with van der Waals surface area (Å²) in [7, 11) is 6.54. The van der Waals surface area contributed by atoms with E-state index in [0.717, 1.165) is 12.8 Å². The van der Waals surface area contributed by atoms with Gasteiger partial charge in [0.2, 0.25) is 0 Å². The Balaban J connectivity index is 3.68. The second-order valence-corrected chi connectivity index (χ2v) is 2.75. The highest BCUT2D eigenvalue weighted by atomic mass is 28.1. The van der Waals surface area contributed by atoms with Gasteiger partial charge in [0.25, 0.3) is 0 Å². The maximum Gasteiger partial charge on any atom is 0.143 e. The van der Waals surface area contributed by atoms with Gasteiger partial charge in [-0.15, -0.1) is 6.58 Å². The van der Waals surface area contributed by atoms with E-state index >= 15 is 0 Å². The number of allylic oxidation sites excluding steroid dienone is 1. The molecule has 0 unspecified atom stereocenters. The lowest BCUT2D eigenvalue weighted by Gasteiger charge is -2.25. The predicted octanol–water partition coefficient (Wildman–Crippen LogP) is 1.07. The first kappa shape index (κ1) is 9.88. The van der Waals surface area contributed by atoms with Gasteiger partial charge >= 0.3 is 0 Å². The van der Waals surface area contributed by atoms with Gasteiger partial charge in [0, 0.05) is 14.2 Å². The molecule has 0 aliphatic rings. The van der Waals surface area contributed by atoms with Crippen LogP contribution < -0.4 is 0 Å². The fourth-order valence-corrected chi connectivity index (χ4v) is 0.724. The van der Waals surface area contributed by atoms with E-state index in [-0.39, 0.29) is 0 Å². The lowest BCUT2D eigenvalue weighted by Crippen LogP contribution is -2.33. The molecular weight excluding hydrogens is 144 g/mol. The summed E-state index contributed by atoms with van der Waals surface area (Å²) in [6.45, 7) is 3.60. The van der Waals surface area contributed by atoms with Crippen molar-refractivity contribution in [3.8, 4) is 0 Å². The molecule has 0 aliphatic heterocycles. The van der Waals surface area contributed by atoms with Gasteiger partial charge in [0.15, 0.2) is 0 Å². The Labute approximate surface area is 65.6 Å². The monoisotopic (exact) mass is 157 g/mol. The molecule has 0 aromatic heterocycles. The summed E-state index contributed by atoms with van der Waals surface area (Å²) in [4.78, 5) is 0. The molecule has 0 atom stereocenters. The Morgan fingerprint density at radius 2 is 2.00 bits per heavy atom. The van der Waals surface area contributed by atoms with E-state index < -0.39 is 5.41 Å². The molecule has 3 radical (unpaired) electrons. The molecule has 0 amide bonds. The molecule has 0 spiro atoms. The van der Waals surface area contributed by atoms with Crippen molar-refractivity contribution >= 4 is 10.2 Å². The zero-order chi connectivity index (χ0) is 8.04. The van der Waals surface area contributed by atoms with Gasteiger partial charge in [0.1, 0.15) is 15.7 Å². The molecule has 0 aromatic rings. The molecule has 2 nitrogen and oxygen atoms in total. The standard InChI is InChI=1S/C7H13O2Si/c1-4-5-6-7(10,8-2)9-3/h4H,1,5-6H2,2-3H3. The molecule has 0 aliphatic carbocycles. The molecule has 0 saturated carbocycles. The molecule has 0 heterocycles. The maximum absolute atomic E-state index is 5.03. The van der Waals surface area contributed by atoms with Gasteiger partial charge in [-0.2, -0.15) is 0 Å². The van der Waals surface area contributed by atoms with Gasteiger partial charge in [-0.3, -0.25) is 0 Å². The Kier molecular flexibility index (Phi) is 4.60. The molecule has 0 aromatic carbocycles. The van der Waals surface area contributed by atoms with Crippen LogP contribution in [0.3, 0.4) is 0 Å². The molecule has 57 valence electrons. The Bertz CT molecular complexity index is 99.8. The number of methoxy groups -OCH3 is 2. The molecule has 3 heteroatoms. The minimum absolute atomic E-state index is 0.631. The minimum Gasteiger partial charge on any atom is -0.358 e. The van der Waals surface area contributed by atoms with E-state index in [9.17, 15) is 0 Å². The largest absolute Gasteiger partial charge is 0.358 e. The van der Waals surface area contributed by atoms with Gasteiger partial charge < -0.3 is 9.47 Å². The van der Waals surface area contributed by atoms with Crippen LogP contribution >= 0.6 is 0 Å². The van der Waals surface area contributed by atoms with Crippen molar-refractivity contribution < 1.29 is 9.47 Å². The maximum atomic E-state index is 5.03.